The van der Waals surface area contributed by atoms with Crippen molar-refractivity contribution in [3.05, 3.63) is 77.9 Å². The van der Waals surface area contributed by atoms with E-state index in [1.54, 1.807) is 35.9 Å². The fraction of sp³-hybridized carbons (Fsp3) is 0.120. The maximum Gasteiger partial charge on any atom is 0.274 e. The van der Waals surface area contributed by atoms with Gasteiger partial charge in [0.25, 0.3) is 5.92 Å². The van der Waals surface area contributed by atoms with E-state index in [0.29, 0.717) is 34.4 Å². The zero-order chi connectivity index (χ0) is 24.0. The third-order valence-corrected chi connectivity index (χ3v) is 5.48. The van der Waals surface area contributed by atoms with Gasteiger partial charge in [0.2, 0.25) is 5.89 Å². The fourth-order valence-corrected chi connectivity index (χ4v) is 3.87. The quantitative estimate of drug-likeness (QED) is 0.299. The van der Waals surface area contributed by atoms with Crippen LogP contribution >= 0.6 is 0 Å². The van der Waals surface area contributed by atoms with E-state index in [9.17, 15) is 18.0 Å². The van der Waals surface area contributed by atoms with Crippen molar-refractivity contribution in [3.63, 3.8) is 0 Å². The first-order valence-corrected chi connectivity index (χ1v) is 10.3. The molecule has 0 atom stereocenters. The van der Waals surface area contributed by atoms with Crippen molar-refractivity contribution in [1.29, 1.82) is 0 Å². The van der Waals surface area contributed by atoms with Crippen LogP contribution in [0.15, 0.2) is 65.3 Å². The molecule has 0 aliphatic rings. The number of nitrogens with zero attached hydrogens (tertiary/aromatic N) is 4. The second kappa shape index (κ2) is 7.95. The lowest BCUT2D eigenvalue weighted by Gasteiger charge is -2.11. The van der Waals surface area contributed by atoms with Gasteiger partial charge >= 0.3 is 0 Å². The molecule has 0 N–H and O–H groups in total. The topological polar surface area (TPSA) is 73.8 Å². The molecule has 0 aliphatic carbocycles. The van der Waals surface area contributed by atoms with Gasteiger partial charge in [0.15, 0.2) is 11.4 Å². The number of halogens is 3. The molecule has 3 aromatic carbocycles. The SMILES string of the molecule is Cn1cnnc1-c1cc(F)ccc1-c1cccc(-c2nc3cc(C=O)cc(C(C)(F)F)c3o2)c1. The van der Waals surface area contributed by atoms with Gasteiger partial charge in [-0.1, -0.05) is 18.2 Å². The van der Waals surface area contributed by atoms with Crippen LogP contribution in [0.3, 0.4) is 0 Å². The minimum Gasteiger partial charge on any atom is -0.436 e. The molecule has 5 rings (SSSR count). The molecular formula is C25H17F3N4O2. The van der Waals surface area contributed by atoms with Gasteiger partial charge in [-0.3, -0.25) is 4.79 Å². The van der Waals surface area contributed by atoms with Crippen LogP contribution in [-0.4, -0.2) is 26.0 Å². The van der Waals surface area contributed by atoms with Gasteiger partial charge in [-0.05, 0) is 47.5 Å². The Bertz CT molecular complexity index is 1550. The Morgan fingerprint density at radius 3 is 2.53 bits per heavy atom. The molecule has 0 fully saturated rings. The number of carbonyl (C=O) groups is 1. The van der Waals surface area contributed by atoms with Gasteiger partial charge < -0.3 is 8.98 Å². The number of fused-ring (bicyclic) bond motifs is 1. The normalized spacial score (nSPS) is 11.8. The van der Waals surface area contributed by atoms with Crippen molar-refractivity contribution < 1.29 is 22.4 Å². The summed E-state index contributed by atoms with van der Waals surface area (Å²) in [5, 5.41) is 7.96. The maximum atomic E-state index is 14.2. The predicted molar refractivity (Wildman–Crippen MR) is 120 cm³/mol. The first-order valence-electron chi connectivity index (χ1n) is 10.3. The molecule has 0 spiro atoms. The molecule has 2 heterocycles. The van der Waals surface area contributed by atoms with Crippen molar-refractivity contribution in [2.75, 3.05) is 0 Å². The maximum absolute atomic E-state index is 14.2. The third kappa shape index (κ3) is 3.75. The number of rotatable bonds is 5. The summed E-state index contributed by atoms with van der Waals surface area (Å²) >= 11 is 0. The van der Waals surface area contributed by atoms with E-state index < -0.39 is 17.3 Å². The largest absolute Gasteiger partial charge is 0.436 e. The highest BCUT2D eigenvalue weighted by Crippen LogP contribution is 2.38. The number of benzene rings is 3. The number of aromatic nitrogens is 4. The Morgan fingerprint density at radius 1 is 1.03 bits per heavy atom. The predicted octanol–water partition coefficient (Wildman–Crippen LogP) is 6.02. The lowest BCUT2D eigenvalue weighted by Crippen LogP contribution is -2.08. The Balaban J connectivity index is 1.66. The van der Waals surface area contributed by atoms with Crippen molar-refractivity contribution in [2.45, 2.75) is 12.8 Å². The summed E-state index contributed by atoms with van der Waals surface area (Å²) in [4.78, 5) is 15.6. The molecule has 0 amide bonds. The van der Waals surface area contributed by atoms with Crippen molar-refractivity contribution >= 4 is 17.4 Å². The van der Waals surface area contributed by atoms with Gasteiger partial charge in [0, 0.05) is 30.7 Å². The highest BCUT2D eigenvalue weighted by atomic mass is 19.3. The number of oxazole rings is 1. The molecule has 170 valence electrons. The Hall–Kier alpha value is -4.27. The molecule has 0 aliphatic heterocycles. The average molecular weight is 462 g/mol. The van der Waals surface area contributed by atoms with E-state index in [4.69, 9.17) is 4.42 Å². The van der Waals surface area contributed by atoms with E-state index in [2.05, 4.69) is 15.2 Å². The van der Waals surface area contributed by atoms with E-state index in [-0.39, 0.29) is 22.6 Å². The number of alkyl halides is 2. The first kappa shape index (κ1) is 21.6. The minimum atomic E-state index is -3.23. The zero-order valence-corrected chi connectivity index (χ0v) is 18.1. The lowest BCUT2D eigenvalue weighted by molar-refractivity contribution is 0.0182. The number of aryl methyl sites for hydroxylation is 1. The summed E-state index contributed by atoms with van der Waals surface area (Å²) in [6, 6.07) is 13.9. The van der Waals surface area contributed by atoms with Crippen LogP contribution in [0.1, 0.15) is 22.8 Å². The van der Waals surface area contributed by atoms with Gasteiger partial charge in [-0.15, -0.1) is 10.2 Å². The van der Waals surface area contributed by atoms with Crippen LogP contribution in [0.5, 0.6) is 0 Å². The lowest BCUT2D eigenvalue weighted by atomic mass is 9.97. The van der Waals surface area contributed by atoms with E-state index in [1.165, 1.54) is 24.5 Å². The molecule has 0 unspecified atom stereocenters. The average Bonchev–Trinajstić information content (AvgIpc) is 3.43. The second-order valence-electron chi connectivity index (χ2n) is 7.98. The summed E-state index contributed by atoms with van der Waals surface area (Å²) in [5.74, 6) is -3.05. The summed E-state index contributed by atoms with van der Waals surface area (Å²) < 4.78 is 49.9. The minimum absolute atomic E-state index is 0.0808. The molecule has 0 saturated heterocycles. The molecule has 34 heavy (non-hydrogen) atoms. The highest BCUT2D eigenvalue weighted by Gasteiger charge is 2.30. The number of carbonyl (C=O) groups excluding carboxylic acids is 1. The molecule has 5 aromatic rings. The van der Waals surface area contributed by atoms with E-state index in [0.717, 1.165) is 13.0 Å². The smallest absolute Gasteiger partial charge is 0.274 e. The molecule has 0 bridgehead atoms. The van der Waals surface area contributed by atoms with Gasteiger partial charge in [-0.2, -0.15) is 0 Å². The molecule has 6 nitrogen and oxygen atoms in total. The Labute approximate surface area is 191 Å². The van der Waals surface area contributed by atoms with Gasteiger partial charge in [0.1, 0.15) is 23.9 Å². The molecule has 9 heteroatoms. The summed E-state index contributed by atoms with van der Waals surface area (Å²) in [7, 11) is 1.76. The summed E-state index contributed by atoms with van der Waals surface area (Å²) in [6.45, 7) is 0.738. The molecule has 0 saturated carbocycles. The summed E-state index contributed by atoms with van der Waals surface area (Å²) in [5.41, 5.74) is 2.22. The van der Waals surface area contributed by atoms with Crippen LogP contribution in [0.2, 0.25) is 0 Å². The van der Waals surface area contributed by atoms with Crippen molar-refractivity contribution in [2.24, 2.45) is 7.05 Å². The first-order chi connectivity index (χ1) is 16.2. The van der Waals surface area contributed by atoms with Gasteiger partial charge in [-0.25, -0.2) is 18.2 Å². The monoisotopic (exact) mass is 462 g/mol. The second-order valence-corrected chi connectivity index (χ2v) is 7.98. The van der Waals surface area contributed by atoms with Crippen molar-refractivity contribution in [1.82, 2.24) is 19.7 Å². The van der Waals surface area contributed by atoms with Crippen LogP contribution < -0.4 is 0 Å². The number of hydrogen-bond acceptors (Lipinski definition) is 5. The highest BCUT2D eigenvalue weighted by molar-refractivity contribution is 5.88. The standard InChI is InChI=1S/C25H17F3N4O2/c1-25(27,28)20-8-14(12-33)9-21-22(20)34-24(30-21)16-5-3-4-15(10-16)18-7-6-17(26)11-19(18)23-31-29-13-32(23)2/h3-13H,1-2H3. The molecular weight excluding hydrogens is 445 g/mol. The fourth-order valence-electron chi connectivity index (χ4n) is 3.87. The zero-order valence-electron chi connectivity index (χ0n) is 18.1. The van der Waals surface area contributed by atoms with Crippen molar-refractivity contribution in [3.8, 4) is 34.0 Å². The van der Waals surface area contributed by atoms with Crippen LogP contribution in [0, 0.1) is 5.82 Å². The summed E-state index contributed by atoms with van der Waals surface area (Å²) in [6.07, 6.45) is 2.01. The van der Waals surface area contributed by atoms with Crippen LogP contribution in [-0.2, 0) is 13.0 Å². The Kier molecular flexibility index (Phi) is 5.04. The number of hydrogen-bond donors (Lipinski definition) is 0. The van der Waals surface area contributed by atoms with Crippen LogP contribution in [0.4, 0.5) is 13.2 Å². The molecule has 0 radical (unpaired) electrons. The van der Waals surface area contributed by atoms with Crippen LogP contribution in [0.25, 0.3) is 45.1 Å². The third-order valence-electron chi connectivity index (χ3n) is 5.48. The van der Waals surface area contributed by atoms with E-state index in [1.807, 2.05) is 6.07 Å². The Morgan fingerprint density at radius 2 is 1.82 bits per heavy atom. The molecule has 2 aromatic heterocycles. The number of aldehydes is 1. The van der Waals surface area contributed by atoms with E-state index >= 15 is 0 Å². The van der Waals surface area contributed by atoms with Gasteiger partial charge in [0.05, 0.1) is 5.56 Å².